The summed E-state index contributed by atoms with van der Waals surface area (Å²) in [6, 6.07) is 13.0. The molecule has 0 atom stereocenters. The topological polar surface area (TPSA) is 79.5 Å². The molecular weight excluding hydrogens is 306 g/mol. The van der Waals surface area contributed by atoms with Gasteiger partial charge in [0.1, 0.15) is 11.1 Å². The van der Waals surface area contributed by atoms with Gasteiger partial charge in [-0.15, -0.1) is 0 Å². The number of aromatic hydroxyl groups is 1. The summed E-state index contributed by atoms with van der Waals surface area (Å²) in [5, 5.41) is 13.3. The summed E-state index contributed by atoms with van der Waals surface area (Å²) in [6.07, 6.45) is 0. The zero-order valence-electron chi connectivity index (χ0n) is 11.2. The van der Waals surface area contributed by atoms with Crippen molar-refractivity contribution in [2.75, 3.05) is 5.32 Å². The standard InChI is InChI=1S/C16H10ClNO4/c17-9-4-3-5-10(8-9)18-15(20)13-11-6-1-2-7-12(11)22-16(21)14(13)19/h1-8,19H,(H,18,20). The molecule has 0 bridgehead atoms. The van der Waals surface area contributed by atoms with Gasteiger partial charge in [-0.2, -0.15) is 0 Å². The molecule has 0 aliphatic heterocycles. The van der Waals surface area contributed by atoms with Gasteiger partial charge in [0.2, 0.25) is 5.75 Å². The fraction of sp³-hybridized carbons (Fsp3) is 0. The van der Waals surface area contributed by atoms with E-state index >= 15 is 0 Å². The Hall–Kier alpha value is -2.79. The second-order valence-corrected chi connectivity index (χ2v) is 5.01. The maximum Gasteiger partial charge on any atom is 0.379 e. The van der Waals surface area contributed by atoms with Crippen molar-refractivity contribution in [3.05, 3.63) is 69.5 Å². The van der Waals surface area contributed by atoms with Crippen LogP contribution in [-0.4, -0.2) is 11.0 Å². The van der Waals surface area contributed by atoms with Gasteiger partial charge in [0, 0.05) is 16.1 Å². The predicted octanol–water partition coefficient (Wildman–Crippen LogP) is 3.40. The molecule has 0 spiro atoms. The number of halogens is 1. The number of anilines is 1. The van der Waals surface area contributed by atoms with E-state index in [2.05, 4.69) is 5.32 Å². The minimum absolute atomic E-state index is 0.133. The number of hydrogen-bond donors (Lipinski definition) is 2. The molecule has 5 nitrogen and oxygen atoms in total. The highest BCUT2D eigenvalue weighted by Crippen LogP contribution is 2.25. The molecule has 3 rings (SSSR count). The Kier molecular flexibility index (Phi) is 3.56. The number of carbonyl (C=O) groups is 1. The van der Waals surface area contributed by atoms with Crippen LogP contribution in [0, 0.1) is 0 Å². The largest absolute Gasteiger partial charge is 0.501 e. The van der Waals surface area contributed by atoms with Crippen LogP contribution in [0.1, 0.15) is 10.4 Å². The lowest BCUT2D eigenvalue weighted by Crippen LogP contribution is -2.16. The van der Waals surface area contributed by atoms with E-state index in [-0.39, 0.29) is 11.1 Å². The first-order valence-corrected chi connectivity index (χ1v) is 6.76. The van der Waals surface area contributed by atoms with E-state index in [0.29, 0.717) is 16.1 Å². The molecule has 110 valence electrons. The Morgan fingerprint density at radius 2 is 1.91 bits per heavy atom. The third-order valence-electron chi connectivity index (χ3n) is 3.10. The van der Waals surface area contributed by atoms with E-state index in [9.17, 15) is 14.7 Å². The van der Waals surface area contributed by atoms with Crippen LogP contribution in [0.2, 0.25) is 5.02 Å². The van der Waals surface area contributed by atoms with Gasteiger partial charge in [0.15, 0.2) is 0 Å². The van der Waals surface area contributed by atoms with Gasteiger partial charge in [-0.25, -0.2) is 4.79 Å². The molecule has 3 aromatic rings. The molecule has 0 aliphatic carbocycles. The summed E-state index contributed by atoms with van der Waals surface area (Å²) in [7, 11) is 0. The lowest BCUT2D eigenvalue weighted by atomic mass is 10.1. The molecule has 0 radical (unpaired) electrons. The van der Waals surface area contributed by atoms with E-state index < -0.39 is 17.3 Å². The fourth-order valence-corrected chi connectivity index (χ4v) is 2.32. The molecule has 0 fully saturated rings. The van der Waals surface area contributed by atoms with Crippen LogP contribution in [0.4, 0.5) is 5.69 Å². The normalized spacial score (nSPS) is 10.6. The number of para-hydroxylation sites is 1. The van der Waals surface area contributed by atoms with Gasteiger partial charge in [-0.3, -0.25) is 4.79 Å². The molecule has 2 aromatic carbocycles. The van der Waals surface area contributed by atoms with Crippen LogP contribution in [0.3, 0.4) is 0 Å². The molecule has 1 aromatic heterocycles. The summed E-state index contributed by atoms with van der Waals surface area (Å²) in [6.45, 7) is 0. The zero-order valence-corrected chi connectivity index (χ0v) is 11.9. The van der Waals surface area contributed by atoms with Crippen molar-refractivity contribution in [3.63, 3.8) is 0 Å². The molecule has 0 aliphatic rings. The highest BCUT2D eigenvalue weighted by Gasteiger charge is 2.20. The van der Waals surface area contributed by atoms with E-state index in [1.165, 1.54) is 0 Å². The predicted molar refractivity (Wildman–Crippen MR) is 83.6 cm³/mol. The molecule has 1 heterocycles. The van der Waals surface area contributed by atoms with E-state index in [1.54, 1.807) is 48.5 Å². The zero-order chi connectivity index (χ0) is 15.7. The third-order valence-corrected chi connectivity index (χ3v) is 3.33. The minimum atomic E-state index is -0.963. The van der Waals surface area contributed by atoms with Crippen LogP contribution in [0.15, 0.2) is 57.7 Å². The van der Waals surface area contributed by atoms with Gasteiger partial charge in [-0.1, -0.05) is 35.9 Å². The molecule has 0 saturated carbocycles. The van der Waals surface area contributed by atoms with E-state index in [4.69, 9.17) is 16.0 Å². The SMILES string of the molecule is O=C(Nc1cccc(Cl)c1)c1c(O)c(=O)oc2ccccc12. The van der Waals surface area contributed by atoms with Crippen molar-refractivity contribution in [2.45, 2.75) is 0 Å². The van der Waals surface area contributed by atoms with Gasteiger partial charge in [0.25, 0.3) is 5.91 Å². The first-order valence-electron chi connectivity index (χ1n) is 6.38. The average Bonchev–Trinajstić information content (AvgIpc) is 2.48. The maximum atomic E-state index is 12.4. The average molecular weight is 316 g/mol. The first-order chi connectivity index (χ1) is 10.6. The van der Waals surface area contributed by atoms with E-state index in [0.717, 1.165) is 0 Å². The maximum absolute atomic E-state index is 12.4. The molecular formula is C16H10ClNO4. The minimum Gasteiger partial charge on any atom is -0.501 e. The molecule has 6 heteroatoms. The van der Waals surface area contributed by atoms with Crippen LogP contribution in [-0.2, 0) is 0 Å². The van der Waals surface area contributed by atoms with Crippen LogP contribution < -0.4 is 10.9 Å². The first kappa shape index (κ1) is 14.2. The van der Waals surface area contributed by atoms with Crippen LogP contribution >= 0.6 is 11.6 Å². The van der Waals surface area contributed by atoms with Gasteiger partial charge in [-0.05, 0) is 24.3 Å². The summed E-state index contributed by atoms with van der Waals surface area (Å²) in [5.41, 5.74) is -0.419. The van der Waals surface area contributed by atoms with Crippen molar-refractivity contribution in [3.8, 4) is 5.75 Å². The number of amides is 1. The number of nitrogens with one attached hydrogen (secondary N) is 1. The number of benzene rings is 2. The van der Waals surface area contributed by atoms with Gasteiger partial charge in [0.05, 0.1) is 0 Å². The van der Waals surface area contributed by atoms with Crippen molar-refractivity contribution in [1.82, 2.24) is 0 Å². The molecule has 22 heavy (non-hydrogen) atoms. The second-order valence-electron chi connectivity index (χ2n) is 4.57. The van der Waals surface area contributed by atoms with Crippen molar-refractivity contribution < 1.29 is 14.3 Å². The highest BCUT2D eigenvalue weighted by molar-refractivity contribution is 6.31. The van der Waals surface area contributed by atoms with E-state index in [1.807, 2.05) is 0 Å². The molecule has 1 amide bonds. The lowest BCUT2D eigenvalue weighted by Gasteiger charge is -2.09. The number of rotatable bonds is 2. The van der Waals surface area contributed by atoms with Gasteiger partial charge < -0.3 is 14.8 Å². The Labute approximate surface area is 129 Å². The quantitative estimate of drug-likeness (QED) is 0.710. The van der Waals surface area contributed by atoms with Crippen molar-refractivity contribution in [2.24, 2.45) is 0 Å². The van der Waals surface area contributed by atoms with Crippen LogP contribution in [0.5, 0.6) is 5.75 Å². The molecule has 0 saturated heterocycles. The van der Waals surface area contributed by atoms with Crippen molar-refractivity contribution in [1.29, 1.82) is 0 Å². The molecule has 0 unspecified atom stereocenters. The molecule has 2 N–H and O–H groups in total. The Morgan fingerprint density at radius 1 is 1.14 bits per heavy atom. The number of fused-ring (bicyclic) bond motifs is 1. The van der Waals surface area contributed by atoms with Crippen LogP contribution in [0.25, 0.3) is 11.0 Å². The highest BCUT2D eigenvalue weighted by atomic mass is 35.5. The lowest BCUT2D eigenvalue weighted by molar-refractivity contribution is 0.102. The Morgan fingerprint density at radius 3 is 2.68 bits per heavy atom. The Balaban J connectivity index is 2.11. The summed E-state index contributed by atoms with van der Waals surface area (Å²) in [4.78, 5) is 24.1. The summed E-state index contributed by atoms with van der Waals surface area (Å²) in [5.74, 6) is -1.35. The number of hydrogen-bond acceptors (Lipinski definition) is 4. The summed E-state index contributed by atoms with van der Waals surface area (Å²) < 4.78 is 4.95. The fourth-order valence-electron chi connectivity index (χ4n) is 2.13. The second kappa shape index (κ2) is 5.54. The Bertz CT molecular complexity index is 933. The van der Waals surface area contributed by atoms with Gasteiger partial charge >= 0.3 is 5.63 Å². The third kappa shape index (κ3) is 2.54. The monoisotopic (exact) mass is 315 g/mol. The smallest absolute Gasteiger partial charge is 0.379 e. The summed E-state index contributed by atoms with van der Waals surface area (Å²) >= 11 is 5.86. The van der Waals surface area contributed by atoms with Crippen molar-refractivity contribution >= 4 is 34.2 Å². The number of carbonyl (C=O) groups excluding carboxylic acids is 1.